The lowest BCUT2D eigenvalue weighted by Crippen LogP contribution is -2.40. The summed E-state index contributed by atoms with van der Waals surface area (Å²) in [6.07, 6.45) is 0.665. The fourth-order valence-electron chi connectivity index (χ4n) is 0.950. The van der Waals surface area contributed by atoms with E-state index in [1.54, 1.807) is 13.8 Å². The topological polar surface area (TPSA) is 60.2 Å². The Balaban J connectivity index is 4.15. The molecule has 0 aromatic carbocycles. The summed E-state index contributed by atoms with van der Waals surface area (Å²) in [5, 5.41) is 0. The van der Waals surface area contributed by atoms with Gasteiger partial charge in [-0.3, -0.25) is 0 Å². The van der Waals surface area contributed by atoms with E-state index < -0.39 is 15.4 Å². The molecular formula is C7H17NO2S. The van der Waals surface area contributed by atoms with Gasteiger partial charge in [-0.2, -0.15) is 0 Å². The molecule has 0 saturated heterocycles. The molecule has 0 aliphatic rings. The summed E-state index contributed by atoms with van der Waals surface area (Å²) < 4.78 is 22.3. The van der Waals surface area contributed by atoms with Crippen molar-refractivity contribution in [3.8, 4) is 0 Å². The summed E-state index contributed by atoms with van der Waals surface area (Å²) in [5.41, 5.74) is 4.97. The van der Waals surface area contributed by atoms with Crippen molar-refractivity contribution in [1.29, 1.82) is 0 Å². The van der Waals surface area contributed by atoms with Gasteiger partial charge in [0.1, 0.15) is 0 Å². The van der Waals surface area contributed by atoms with Crippen LogP contribution < -0.4 is 5.73 Å². The van der Waals surface area contributed by atoms with E-state index in [0.29, 0.717) is 6.42 Å². The third kappa shape index (κ3) is 6.31. The fraction of sp³-hybridized carbons (Fsp3) is 1.00. The van der Waals surface area contributed by atoms with E-state index in [4.69, 9.17) is 5.73 Å². The molecule has 0 bridgehead atoms. The molecule has 0 aromatic rings. The highest BCUT2D eigenvalue weighted by molar-refractivity contribution is 7.91. The number of nitrogens with two attached hydrogens (primary N) is 1. The van der Waals surface area contributed by atoms with Gasteiger partial charge in [0.2, 0.25) is 0 Å². The van der Waals surface area contributed by atoms with Gasteiger partial charge in [-0.05, 0) is 20.3 Å². The van der Waals surface area contributed by atoms with Crippen LogP contribution in [-0.2, 0) is 9.84 Å². The molecule has 11 heavy (non-hydrogen) atoms. The Morgan fingerprint density at radius 3 is 2.09 bits per heavy atom. The molecule has 0 amide bonds. The van der Waals surface area contributed by atoms with Crippen LogP contribution in [0.2, 0.25) is 0 Å². The highest BCUT2D eigenvalue weighted by atomic mass is 32.2. The van der Waals surface area contributed by atoms with Crippen LogP contribution >= 0.6 is 0 Å². The molecule has 0 saturated carbocycles. The van der Waals surface area contributed by atoms with E-state index in [9.17, 15) is 8.42 Å². The summed E-state index contributed by atoms with van der Waals surface area (Å²) in [7, 11) is -2.91. The van der Waals surface area contributed by atoms with Gasteiger partial charge in [0.15, 0.2) is 9.84 Å². The molecule has 4 heteroatoms. The molecule has 0 heterocycles. The van der Waals surface area contributed by atoms with Crippen LogP contribution in [-0.4, -0.2) is 25.5 Å². The monoisotopic (exact) mass is 179 g/mol. The second kappa shape index (κ2) is 3.54. The molecule has 0 radical (unpaired) electrons. The van der Waals surface area contributed by atoms with Crippen LogP contribution in [0.1, 0.15) is 27.2 Å². The van der Waals surface area contributed by atoms with Gasteiger partial charge in [0.25, 0.3) is 0 Å². The van der Waals surface area contributed by atoms with Crippen molar-refractivity contribution in [2.24, 2.45) is 5.73 Å². The molecule has 0 spiro atoms. The van der Waals surface area contributed by atoms with Gasteiger partial charge >= 0.3 is 0 Å². The molecule has 0 unspecified atom stereocenters. The van der Waals surface area contributed by atoms with Gasteiger partial charge in [-0.1, -0.05) is 6.92 Å². The van der Waals surface area contributed by atoms with Crippen molar-refractivity contribution >= 4 is 9.84 Å². The summed E-state index contributed by atoms with van der Waals surface area (Å²) >= 11 is 0. The normalized spacial score (nSPS) is 13.5. The molecule has 0 atom stereocenters. The van der Waals surface area contributed by atoms with E-state index in [-0.39, 0.29) is 11.5 Å². The van der Waals surface area contributed by atoms with E-state index in [1.807, 2.05) is 6.92 Å². The second-order valence-corrected chi connectivity index (χ2v) is 5.76. The first-order valence-electron chi connectivity index (χ1n) is 3.76. The molecule has 0 aliphatic heterocycles. The minimum Gasteiger partial charge on any atom is -0.325 e. The molecule has 0 rings (SSSR count). The first kappa shape index (κ1) is 10.9. The van der Waals surface area contributed by atoms with Crippen molar-refractivity contribution in [2.45, 2.75) is 32.7 Å². The SMILES string of the molecule is CCCS(=O)(=O)CC(C)(C)N. The number of hydrogen-bond acceptors (Lipinski definition) is 3. The summed E-state index contributed by atoms with van der Waals surface area (Å²) in [5.74, 6) is 0.321. The Morgan fingerprint density at radius 1 is 1.36 bits per heavy atom. The zero-order valence-corrected chi connectivity index (χ0v) is 8.24. The molecule has 0 aliphatic carbocycles. The smallest absolute Gasteiger partial charge is 0.152 e. The largest absolute Gasteiger partial charge is 0.325 e. The van der Waals surface area contributed by atoms with Crippen LogP contribution in [0.3, 0.4) is 0 Å². The Morgan fingerprint density at radius 2 is 1.82 bits per heavy atom. The highest BCUT2D eigenvalue weighted by Crippen LogP contribution is 2.04. The summed E-state index contributed by atoms with van der Waals surface area (Å²) in [6.45, 7) is 5.29. The number of sulfone groups is 1. The van der Waals surface area contributed by atoms with E-state index in [0.717, 1.165) is 0 Å². The van der Waals surface area contributed by atoms with Crippen molar-refractivity contribution in [2.75, 3.05) is 11.5 Å². The predicted molar refractivity (Wildman–Crippen MR) is 47.2 cm³/mol. The van der Waals surface area contributed by atoms with Gasteiger partial charge in [-0.25, -0.2) is 8.42 Å². The van der Waals surface area contributed by atoms with Crippen molar-refractivity contribution in [3.63, 3.8) is 0 Å². The minimum atomic E-state index is -2.91. The Labute approximate surface area is 68.9 Å². The van der Waals surface area contributed by atoms with Gasteiger partial charge in [0, 0.05) is 11.3 Å². The van der Waals surface area contributed by atoms with Crippen LogP contribution in [0.15, 0.2) is 0 Å². The van der Waals surface area contributed by atoms with Crippen LogP contribution in [0.5, 0.6) is 0 Å². The third-order valence-corrected chi connectivity index (χ3v) is 3.32. The molecule has 0 aromatic heterocycles. The minimum absolute atomic E-state index is 0.0772. The van der Waals surface area contributed by atoms with Crippen molar-refractivity contribution in [1.82, 2.24) is 0 Å². The lowest BCUT2D eigenvalue weighted by molar-refractivity contribution is 0.543. The quantitative estimate of drug-likeness (QED) is 0.685. The Hall–Kier alpha value is -0.0900. The Kier molecular flexibility index (Phi) is 3.51. The average Bonchev–Trinajstić information content (AvgIpc) is 1.55. The lowest BCUT2D eigenvalue weighted by Gasteiger charge is -2.17. The van der Waals surface area contributed by atoms with Gasteiger partial charge < -0.3 is 5.73 Å². The maximum Gasteiger partial charge on any atom is 0.152 e. The summed E-state index contributed by atoms with van der Waals surface area (Å²) in [6, 6.07) is 0. The number of rotatable bonds is 4. The lowest BCUT2D eigenvalue weighted by atomic mass is 10.1. The standard InChI is InChI=1S/C7H17NO2S/c1-4-5-11(9,10)6-7(2,3)8/h4-6,8H2,1-3H3. The van der Waals surface area contributed by atoms with Gasteiger partial charge in [-0.15, -0.1) is 0 Å². The first-order valence-corrected chi connectivity index (χ1v) is 5.58. The van der Waals surface area contributed by atoms with Crippen LogP contribution in [0.4, 0.5) is 0 Å². The fourth-order valence-corrected chi connectivity index (χ4v) is 2.85. The van der Waals surface area contributed by atoms with Crippen molar-refractivity contribution < 1.29 is 8.42 Å². The van der Waals surface area contributed by atoms with E-state index in [2.05, 4.69) is 0 Å². The molecule has 0 fully saturated rings. The Bertz CT molecular complexity index is 201. The molecule has 68 valence electrons. The van der Waals surface area contributed by atoms with Gasteiger partial charge in [0.05, 0.1) is 5.75 Å². The summed E-state index contributed by atoms with van der Waals surface area (Å²) in [4.78, 5) is 0. The molecular weight excluding hydrogens is 162 g/mol. The van der Waals surface area contributed by atoms with Crippen LogP contribution in [0, 0.1) is 0 Å². The highest BCUT2D eigenvalue weighted by Gasteiger charge is 2.20. The third-order valence-electron chi connectivity index (χ3n) is 1.11. The molecule has 3 nitrogen and oxygen atoms in total. The zero-order chi connectivity index (χ0) is 9.12. The molecule has 2 N–H and O–H groups in total. The maximum absolute atomic E-state index is 11.2. The maximum atomic E-state index is 11.2. The number of hydrogen-bond donors (Lipinski definition) is 1. The second-order valence-electron chi connectivity index (χ2n) is 3.58. The average molecular weight is 179 g/mol. The van der Waals surface area contributed by atoms with Crippen LogP contribution in [0.25, 0.3) is 0 Å². The van der Waals surface area contributed by atoms with Crippen molar-refractivity contribution in [3.05, 3.63) is 0 Å². The first-order chi connectivity index (χ1) is 4.77. The van der Waals surface area contributed by atoms with E-state index in [1.165, 1.54) is 0 Å². The zero-order valence-electron chi connectivity index (χ0n) is 7.42. The van der Waals surface area contributed by atoms with E-state index >= 15 is 0 Å². The predicted octanol–water partition coefficient (Wildman–Crippen LogP) is 0.549.